The zero-order valence-electron chi connectivity index (χ0n) is 9.61. The molecule has 0 spiro atoms. The average molecular weight is 255 g/mol. The molecule has 0 aliphatic carbocycles. The molecule has 18 heavy (non-hydrogen) atoms. The van der Waals surface area contributed by atoms with Gasteiger partial charge in [0.2, 0.25) is 5.91 Å². The highest BCUT2D eigenvalue weighted by Crippen LogP contribution is 2.12. The van der Waals surface area contributed by atoms with Gasteiger partial charge in [-0.25, -0.2) is 4.39 Å². The minimum absolute atomic E-state index is 0.0607. The van der Waals surface area contributed by atoms with Crippen molar-refractivity contribution in [1.82, 2.24) is 5.32 Å². The van der Waals surface area contributed by atoms with E-state index in [9.17, 15) is 14.0 Å². The molecule has 98 valence electrons. The number of hydrogen-bond donors (Lipinski definition) is 3. The van der Waals surface area contributed by atoms with Gasteiger partial charge in [0.15, 0.2) is 0 Å². The molecule has 0 aromatic heterocycles. The summed E-state index contributed by atoms with van der Waals surface area (Å²) >= 11 is 0. The predicted molar refractivity (Wildman–Crippen MR) is 63.2 cm³/mol. The van der Waals surface area contributed by atoms with Crippen molar-refractivity contribution in [2.24, 2.45) is 5.73 Å². The number of benzene rings is 1. The Kier molecular flexibility index (Phi) is 5.06. The second-order valence-corrected chi connectivity index (χ2v) is 3.51. The number of nitrogen functional groups attached to an aromatic ring is 1. The van der Waals surface area contributed by atoms with Crippen LogP contribution in [0.4, 0.5) is 10.1 Å². The summed E-state index contributed by atoms with van der Waals surface area (Å²) in [6, 6.07) is 3.51. The van der Waals surface area contributed by atoms with Crippen LogP contribution in [0.25, 0.3) is 0 Å². The molecule has 1 rings (SSSR count). The number of carbonyl (C=O) groups excluding carboxylic acids is 2. The summed E-state index contributed by atoms with van der Waals surface area (Å²) in [5, 5.41) is 2.51. The van der Waals surface area contributed by atoms with Crippen LogP contribution in [-0.2, 0) is 9.53 Å². The molecule has 0 saturated heterocycles. The molecule has 5 N–H and O–H groups in total. The number of hydrogen-bond acceptors (Lipinski definition) is 4. The van der Waals surface area contributed by atoms with E-state index in [-0.39, 0.29) is 31.0 Å². The third-order valence-corrected chi connectivity index (χ3v) is 2.03. The number of nitrogens with two attached hydrogens (primary N) is 2. The first kappa shape index (κ1) is 13.9. The van der Waals surface area contributed by atoms with Gasteiger partial charge in [-0.15, -0.1) is 0 Å². The van der Waals surface area contributed by atoms with Gasteiger partial charge in [-0.05, 0) is 18.2 Å². The fourth-order valence-corrected chi connectivity index (χ4v) is 1.25. The van der Waals surface area contributed by atoms with E-state index in [0.29, 0.717) is 0 Å². The lowest BCUT2D eigenvalue weighted by atomic mass is 10.1. The zero-order valence-corrected chi connectivity index (χ0v) is 9.61. The number of anilines is 1. The molecule has 0 saturated carbocycles. The van der Waals surface area contributed by atoms with E-state index < -0.39 is 17.6 Å². The molecule has 0 radical (unpaired) electrons. The van der Waals surface area contributed by atoms with Gasteiger partial charge in [-0.1, -0.05) is 0 Å². The molecular formula is C11H14FN3O3. The van der Waals surface area contributed by atoms with Crippen LogP contribution in [0, 0.1) is 5.82 Å². The summed E-state index contributed by atoms with van der Waals surface area (Å²) in [5.41, 5.74) is 10.6. The number of ether oxygens (including phenoxy) is 1. The van der Waals surface area contributed by atoms with Crippen molar-refractivity contribution in [3.8, 4) is 0 Å². The van der Waals surface area contributed by atoms with E-state index in [1.165, 1.54) is 6.07 Å². The molecule has 0 aliphatic rings. The Morgan fingerprint density at radius 1 is 1.39 bits per heavy atom. The van der Waals surface area contributed by atoms with Gasteiger partial charge in [-0.2, -0.15) is 0 Å². The molecule has 2 amide bonds. The van der Waals surface area contributed by atoms with Gasteiger partial charge in [0.25, 0.3) is 5.91 Å². The summed E-state index contributed by atoms with van der Waals surface area (Å²) in [6.07, 6.45) is 0. The number of primary amides is 1. The highest BCUT2D eigenvalue weighted by Gasteiger charge is 2.09. The molecule has 0 atom stereocenters. The number of amides is 2. The predicted octanol–water partition coefficient (Wildman–Crippen LogP) is -0.360. The Morgan fingerprint density at radius 2 is 2.11 bits per heavy atom. The van der Waals surface area contributed by atoms with Crippen molar-refractivity contribution in [2.45, 2.75) is 0 Å². The van der Waals surface area contributed by atoms with Crippen LogP contribution in [0.3, 0.4) is 0 Å². The standard InChI is InChI=1S/C11H14FN3O3/c12-7-1-2-8(9(13)5-7)11(17)15-3-4-18-6-10(14)16/h1-2,5H,3-4,6,13H2,(H2,14,16)(H,15,17). The number of carbonyl (C=O) groups is 2. The van der Waals surface area contributed by atoms with Gasteiger partial charge in [-0.3, -0.25) is 9.59 Å². The first-order chi connectivity index (χ1) is 8.50. The van der Waals surface area contributed by atoms with Gasteiger partial charge in [0.05, 0.1) is 12.2 Å². The fourth-order valence-electron chi connectivity index (χ4n) is 1.25. The molecule has 0 fully saturated rings. The van der Waals surface area contributed by atoms with Gasteiger partial charge >= 0.3 is 0 Å². The smallest absolute Gasteiger partial charge is 0.253 e. The maximum absolute atomic E-state index is 12.8. The Balaban J connectivity index is 2.39. The summed E-state index contributed by atoms with van der Waals surface area (Å²) < 4.78 is 17.6. The summed E-state index contributed by atoms with van der Waals surface area (Å²) in [7, 11) is 0. The van der Waals surface area contributed by atoms with E-state index in [0.717, 1.165) is 12.1 Å². The van der Waals surface area contributed by atoms with Crippen LogP contribution >= 0.6 is 0 Å². The Bertz CT molecular complexity index is 451. The normalized spacial score (nSPS) is 10.1. The monoisotopic (exact) mass is 255 g/mol. The van der Waals surface area contributed by atoms with E-state index in [4.69, 9.17) is 16.2 Å². The highest BCUT2D eigenvalue weighted by atomic mass is 19.1. The van der Waals surface area contributed by atoms with Crippen LogP contribution in [0.15, 0.2) is 18.2 Å². The van der Waals surface area contributed by atoms with E-state index in [1.807, 2.05) is 0 Å². The number of halogens is 1. The largest absolute Gasteiger partial charge is 0.398 e. The van der Waals surface area contributed by atoms with Crippen LogP contribution in [-0.4, -0.2) is 31.6 Å². The zero-order chi connectivity index (χ0) is 13.5. The van der Waals surface area contributed by atoms with E-state index >= 15 is 0 Å². The maximum atomic E-state index is 12.8. The third-order valence-electron chi connectivity index (χ3n) is 2.03. The molecule has 0 unspecified atom stereocenters. The van der Waals surface area contributed by atoms with Crippen molar-refractivity contribution in [2.75, 3.05) is 25.5 Å². The average Bonchev–Trinajstić information content (AvgIpc) is 2.27. The van der Waals surface area contributed by atoms with E-state index in [1.54, 1.807) is 0 Å². The molecule has 0 aliphatic heterocycles. The van der Waals surface area contributed by atoms with Crippen molar-refractivity contribution in [1.29, 1.82) is 0 Å². The Labute approximate surface area is 103 Å². The van der Waals surface area contributed by atoms with Crippen molar-refractivity contribution in [3.05, 3.63) is 29.6 Å². The van der Waals surface area contributed by atoms with Crippen LogP contribution in [0.2, 0.25) is 0 Å². The summed E-state index contributed by atoms with van der Waals surface area (Å²) in [4.78, 5) is 22.0. The molecular weight excluding hydrogens is 241 g/mol. The van der Waals surface area contributed by atoms with Crippen molar-refractivity contribution in [3.63, 3.8) is 0 Å². The highest BCUT2D eigenvalue weighted by molar-refractivity contribution is 5.99. The molecule has 7 heteroatoms. The minimum Gasteiger partial charge on any atom is -0.398 e. The van der Waals surface area contributed by atoms with Gasteiger partial charge in [0.1, 0.15) is 12.4 Å². The van der Waals surface area contributed by atoms with Crippen molar-refractivity contribution < 1.29 is 18.7 Å². The molecule has 6 nitrogen and oxygen atoms in total. The second kappa shape index (κ2) is 6.55. The lowest BCUT2D eigenvalue weighted by molar-refractivity contribution is -0.122. The topological polar surface area (TPSA) is 107 Å². The first-order valence-corrected chi connectivity index (χ1v) is 5.20. The van der Waals surface area contributed by atoms with Gasteiger partial charge in [0, 0.05) is 12.2 Å². The quantitative estimate of drug-likeness (QED) is 0.476. The van der Waals surface area contributed by atoms with Crippen LogP contribution in [0.5, 0.6) is 0 Å². The van der Waals surface area contributed by atoms with Crippen LogP contribution in [0.1, 0.15) is 10.4 Å². The third kappa shape index (κ3) is 4.38. The van der Waals surface area contributed by atoms with E-state index in [2.05, 4.69) is 5.32 Å². The second-order valence-electron chi connectivity index (χ2n) is 3.51. The fraction of sp³-hybridized carbons (Fsp3) is 0.273. The Hall–Kier alpha value is -2.15. The molecule has 0 heterocycles. The lowest BCUT2D eigenvalue weighted by Crippen LogP contribution is -2.29. The summed E-state index contributed by atoms with van der Waals surface area (Å²) in [6.45, 7) is 0.146. The molecule has 1 aromatic carbocycles. The summed E-state index contributed by atoms with van der Waals surface area (Å²) in [5.74, 6) is -1.52. The molecule has 0 bridgehead atoms. The van der Waals surface area contributed by atoms with Crippen molar-refractivity contribution >= 4 is 17.5 Å². The number of nitrogens with one attached hydrogen (secondary N) is 1. The maximum Gasteiger partial charge on any atom is 0.253 e. The first-order valence-electron chi connectivity index (χ1n) is 5.20. The van der Waals surface area contributed by atoms with Gasteiger partial charge < -0.3 is 21.5 Å². The van der Waals surface area contributed by atoms with Crippen LogP contribution < -0.4 is 16.8 Å². The SMILES string of the molecule is NC(=O)COCCNC(=O)c1ccc(F)cc1N. The lowest BCUT2D eigenvalue weighted by Gasteiger charge is -2.07. The number of rotatable bonds is 6. The Morgan fingerprint density at radius 3 is 2.72 bits per heavy atom. The minimum atomic E-state index is -0.580. The molecule has 1 aromatic rings.